The van der Waals surface area contributed by atoms with Crippen LogP contribution >= 0.6 is 0 Å². The SMILES string of the molecule is C=CC(=O)N1CCC(C(=O)Nc2ccc(F)cc2OC2CCOCC2)CC1. The van der Waals surface area contributed by atoms with E-state index in [-0.39, 0.29) is 23.8 Å². The highest BCUT2D eigenvalue weighted by molar-refractivity contribution is 5.94. The monoisotopic (exact) mass is 376 g/mol. The summed E-state index contributed by atoms with van der Waals surface area (Å²) in [6.45, 7) is 5.77. The predicted molar refractivity (Wildman–Crippen MR) is 99.0 cm³/mol. The standard InChI is InChI=1S/C20H25FN2O4/c1-2-19(24)23-9-5-14(6-10-23)20(25)22-17-4-3-15(21)13-18(17)27-16-7-11-26-12-8-16/h2-4,13-14,16H,1,5-12H2,(H,22,25). The van der Waals surface area contributed by atoms with E-state index < -0.39 is 5.82 Å². The summed E-state index contributed by atoms with van der Waals surface area (Å²) in [5, 5.41) is 2.87. The van der Waals surface area contributed by atoms with E-state index in [0.29, 0.717) is 50.6 Å². The quantitative estimate of drug-likeness (QED) is 0.803. The molecule has 0 spiro atoms. The van der Waals surface area contributed by atoms with Crippen molar-refractivity contribution in [1.82, 2.24) is 4.90 Å². The third-order valence-electron chi connectivity index (χ3n) is 5.02. The second kappa shape index (κ2) is 8.99. The molecule has 2 aliphatic heterocycles. The Bertz CT molecular complexity index is 695. The molecule has 0 bridgehead atoms. The zero-order valence-corrected chi connectivity index (χ0v) is 15.3. The van der Waals surface area contributed by atoms with Crippen LogP contribution in [0.3, 0.4) is 0 Å². The molecule has 0 saturated carbocycles. The van der Waals surface area contributed by atoms with Crippen LogP contribution in [-0.4, -0.2) is 49.1 Å². The first-order chi connectivity index (χ1) is 13.1. The van der Waals surface area contributed by atoms with Crippen LogP contribution in [0.4, 0.5) is 10.1 Å². The molecule has 1 aromatic rings. The number of ether oxygens (including phenoxy) is 2. The van der Waals surface area contributed by atoms with Gasteiger partial charge in [-0.25, -0.2) is 4.39 Å². The summed E-state index contributed by atoms with van der Waals surface area (Å²) in [7, 11) is 0. The lowest BCUT2D eigenvalue weighted by Gasteiger charge is -2.31. The van der Waals surface area contributed by atoms with Gasteiger partial charge in [0.2, 0.25) is 11.8 Å². The summed E-state index contributed by atoms with van der Waals surface area (Å²) in [5.41, 5.74) is 0.470. The Hall–Kier alpha value is -2.41. The van der Waals surface area contributed by atoms with Gasteiger partial charge in [-0.3, -0.25) is 9.59 Å². The summed E-state index contributed by atoms with van der Waals surface area (Å²) in [5.74, 6) is -0.510. The van der Waals surface area contributed by atoms with Gasteiger partial charge in [0, 0.05) is 37.9 Å². The Morgan fingerprint density at radius 2 is 1.93 bits per heavy atom. The minimum absolute atomic E-state index is 0.0515. The summed E-state index contributed by atoms with van der Waals surface area (Å²) < 4.78 is 24.9. The molecule has 2 amide bonds. The van der Waals surface area contributed by atoms with E-state index in [1.54, 1.807) is 4.90 Å². The molecule has 0 aliphatic carbocycles. The summed E-state index contributed by atoms with van der Waals surface area (Å²) in [4.78, 5) is 26.0. The molecule has 1 aromatic carbocycles. The van der Waals surface area contributed by atoms with Crippen LogP contribution in [0.15, 0.2) is 30.9 Å². The molecule has 0 unspecified atom stereocenters. The second-order valence-corrected chi connectivity index (χ2v) is 6.86. The van der Waals surface area contributed by atoms with Crippen LogP contribution in [0.25, 0.3) is 0 Å². The van der Waals surface area contributed by atoms with E-state index >= 15 is 0 Å². The van der Waals surface area contributed by atoms with Crippen molar-refractivity contribution in [1.29, 1.82) is 0 Å². The van der Waals surface area contributed by atoms with E-state index in [1.807, 2.05) is 0 Å². The van der Waals surface area contributed by atoms with E-state index in [0.717, 1.165) is 12.8 Å². The van der Waals surface area contributed by atoms with Gasteiger partial charge in [-0.2, -0.15) is 0 Å². The average molecular weight is 376 g/mol. The first kappa shape index (κ1) is 19.4. The maximum absolute atomic E-state index is 13.7. The number of carbonyl (C=O) groups excluding carboxylic acids is 2. The smallest absolute Gasteiger partial charge is 0.245 e. The van der Waals surface area contributed by atoms with Gasteiger partial charge in [-0.15, -0.1) is 0 Å². The van der Waals surface area contributed by atoms with Crippen molar-refractivity contribution >= 4 is 17.5 Å². The molecule has 0 atom stereocenters. The number of halogens is 1. The Morgan fingerprint density at radius 3 is 2.59 bits per heavy atom. The number of nitrogens with one attached hydrogen (secondary N) is 1. The number of carbonyl (C=O) groups is 2. The Kier molecular flexibility index (Phi) is 6.45. The van der Waals surface area contributed by atoms with Crippen LogP contribution in [0.1, 0.15) is 25.7 Å². The van der Waals surface area contributed by atoms with Crippen molar-refractivity contribution in [3.05, 3.63) is 36.7 Å². The van der Waals surface area contributed by atoms with Gasteiger partial charge in [-0.05, 0) is 31.1 Å². The molecule has 3 rings (SSSR count). The fourth-order valence-electron chi connectivity index (χ4n) is 3.40. The number of piperidine rings is 1. The Morgan fingerprint density at radius 1 is 1.22 bits per heavy atom. The van der Waals surface area contributed by atoms with E-state index in [1.165, 1.54) is 24.3 Å². The average Bonchev–Trinajstić information content (AvgIpc) is 2.70. The molecule has 7 heteroatoms. The molecular formula is C20H25FN2O4. The fourth-order valence-corrected chi connectivity index (χ4v) is 3.40. The molecule has 1 N–H and O–H groups in total. The highest BCUT2D eigenvalue weighted by Crippen LogP contribution is 2.30. The third kappa shape index (κ3) is 5.07. The topological polar surface area (TPSA) is 67.9 Å². The van der Waals surface area contributed by atoms with Gasteiger partial charge < -0.3 is 19.7 Å². The van der Waals surface area contributed by atoms with E-state index in [2.05, 4.69) is 11.9 Å². The first-order valence-corrected chi connectivity index (χ1v) is 9.33. The molecule has 2 saturated heterocycles. The van der Waals surface area contributed by atoms with Crippen molar-refractivity contribution < 1.29 is 23.5 Å². The largest absolute Gasteiger partial charge is 0.488 e. The van der Waals surface area contributed by atoms with Crippen LogP contribution in [0.2, 0.25) is 0 Å². The summed E-state index contributed by atoms with van der Waals surface area (Å²) in [6.07, 6.45) is 3.88. The van der Waals surface area contributed by atoms with Gasteiger partial charge in [0.25, 0.3) is 0 Å². The van der Waals surface area contributed by atoms with Crippen LogP contribution in [0, 0.1) is 11.7 Å². The van der Waals surface area contributed by atoms with Gasteiger partial charge >= 0.3 is 0 Å². The van der Waals surface area contributed by atoms with Crippen molar-refractivity contribution in [3.63, 3.8) is 0 Å². The van der Waals surface area contributed by atoms with E-state index in [4.69, 9.17) is 9.47 Å². The van der Waals surface area contributed by atoms with Gasteiger partial charge in [0.1, 0.15) is 17.7 Å². The first-order valence-electron chi connectivity index (χ1n) is 9.33. The number of rotatable bonds is 5. The maximum atomic E-state index is 13.7. The fraction of sp³-hybridized carbons (Fsp3) is 0.500. The van der Waals surface area contributed by atoms with Crippen LogP contribution < -0.4 is 10.1 Å². The van der Waals surface area contributed by atoms with Crippen molar-refractivity contribution in [3.8, 4) is 5.75 Å². The van der Waals surface area contributed by atoms with Gasteiger partial charge in [0.15, 0.2) is 0 Å². The molecule has 2 aliphatic rings. The number of hydrogen-bond donors (Lipinski definition) is 1. The number of amides is 2. The van der Waals surface area contributed by atoms with Crippen molar-refractivity contribution in [2.24, 2.45) is 5.92 Å². The predicted octanol–water partition coefficient (Wildman–Crippen LogP) is 2.75. The van der Waals surface area contributed by atoms with Gasteiger partial charge in [-0.1, -0.05) is 6.58 Å². The Labute approximate surface area is 158 Å². The normalized spacial score (nSPS) is 18.8. The van der Waals surface area contributed by atoms with E-state index in [9.17, 15) is 14.0 Å². The number of benzene rings is 1. The number of nitrogens with zero attached hydrogens (tertiary/aromatic N) is 1. The number of likely N-dealkylation sites (tertiary alicyclic amines) is 1. The molecule has 6 nitrogen and oxygen atoms in total. The lowest BCUT2D eigenvalue weighted by atomic mass is 9.95. The molecular weight excluding hydrogens is 351 g/mol. The summed E-state index contributed by atoms with van der Waals surface area (Å²) in [6, 6.07) is 4.13. The second-order valence-electron chi connectivity index (χ2n) is 6.86. The lowest BCUT2D eigenvalue weighted by Crippen LogP contribution is -2.40. The molecule has 27 heavy (non-hydrogen) atoms. The minimum Gasteiger partial charge on any atom is -0.488 e. The number of hydrogen-bond acceptors (Lipinski definition) is 4. The molecule has 0 radical (unpaired) electrons. The van der Waals surface area contributed by atoms with Crippen LogP contribution in [0.5, 0.6) is 5.75 Å². The van der Waals surface area contributed by atoms with Crippen LogP contribution in [-0.2, 0) is 14.3 Å². The van der Waals surface area contributed by atoms with Crippen molar-refractivity contribution in [2.75, 3.05) is 31.6 Å². The molecule has 2 fully saturated rings. The van der Waals surface area contributed by atoms with Crippen molar-refractivity contribution in [2.45, 2.75) is 31.8 Å². The maximum Gasteiger partial charge on any atom is 0.245 e. The zero-order chi connectivity index (χ0) is 19.2. The zero-order valence-electron chi connectivity index (χ0n) is 15.3. The highest BCUT2D eigenvalue weighted by Gasteiger charge is 2.27. The van der Waals surface area contributed by atoms with Gasteiger partial charge in [0.05, 0.1) is 18.9 Å². The molecule has 146 valence electrons. The lowest BCUT2D eigenvalue weighted by molar-refractivity contribution is -0.130. The summed E-state index contributed by atoms with van der Waals surface area (Å²) >= 11 is 0. The minimum atomic E-state index is -0.411. The molecule has 2 heterocycles. The highest BCUT2D eigenvalue weighted by atomic mass is 19.1. The molecule has 0 aromatic heterocycles. The number of anilines is 1. The Balaban J connectivity index is 1.62. The third-order valence-corrected chi connectivity index (χ3v) is 5.02.